The molecule has 6 heteroatoms. The van der Waals surface area contributed by atoms with Crippen LogP contribution in [0.5, 0.6) is 5.75 Å². The molecule has 32 heavy (non-hydrogen) atoms. The van der Waals surface area contributed by atoms with Crippen LogP contribution < -0.4 is 15.6 Å². The summed E-state index contributed by atoms with van der Waals surface area (Å²) in [5, 5.41) is 3.00. The van der Waals surface area contributed by atoms with Crippen LogP contribution in [-0.4, -0.2) is 15.3 Å². The highest BCUT2D eigenvalue weighted by Gasteiger charge is 2.19. The molecule has 0 aliphatic carbocycles. The lowest BCUT2D eigenvalue weighted by Gasteiger charge is -2.17. The zero-order chi connectivity index (χ0) is 22.5. The number of aromatic nitrogens is 2. The number of carbonyl (C=O) groups excluding carboxylic acids is 1. The van der Waals surface area contributed by atoms with Crippen LogP contribution >= 0.6 is 0 Å². The van der Waals surface area contributed by atoms with E-state index in [1.54, 1.807) is 24.4 Å². The lowest BCUT2D eigenvalue weighted by molar-refractivity contribution is -0.117. The van der Waals surface area contributed by atoms with Gasteiger partial charge >= 0.3 is 0 Å². The molecule has 2 aromatic heterocycles. The monoisotopic (exact) mass is 427 g/mol. The number of anilines is 1. The Bertz CT molecular complexity index is 1300. The SMILES string of the molecule is CCC(C(=O)Nc1ccc(C)c(OCc2cc(=O)n3ccccc3n2)c1)c1ccccc1. The average Bonchev–Trinajstić information content (AvgIpc) is 2.80. The van der Waals surface area contributed by atoms with E-state index in [9.17, 15) is 9.59 Å². The van der Waals surface area contributed by atoms with Crippen LogP contribution in [0.1, 0.15) is 36.1 Å². The van der Waals surface area contributed by atoms with E-state index < -0.39 is 0 Å². The molecule has 1 amide bonds. The van der Waals surface area contributed by atoms with Gasteiger partial charge in [0.1, 0.15) is 18.0 Å². The van der Waals surface area contributed by atoms with Crippen LogP contribution in [-0.2, 0) is 11.4 Å². The number of hydrogen-bond donors (Lipinski definition) is 1. The van der Waals surface area contributed by atoms with E-state index in [0.29, 0.717) is 29.2 Å². The van der Waals surface area contributed by atoms with Crippen molar-refractivity contribution in [1.29, 1.82) is 0 Å². The third-order valence-electron chi connectivity index (χ3n) is 5.38. The molecule has 0 aliphatic rings. The quantitative estimate of drug-likeness (QED) is 0.463. The average molecular weight is 428 g/mol. The van der Waals surface area contributed by atoms with Crippen molar-refractivity contribution in [3.8, 4) is 5.75 Å². The fourth-order valence-electron chi connectivity index (χ4n) is 3.65. The van der Waals surface area contributed by atoms with Gasteiger partial charge in [0.2, 0.25) is 5.91 Å². The first-order valence-corrected chi connectivity index (χ1v) is 10.6. The van der Waals surface area contributed by atoms with E-state index in [4.69, 9.17) is 4.74 Å². The number of carbonyl (C=O) groups is 1. The minimum absolute atomic E-state index is 0.0577. The normalized spacial score (nSPS) is 11.8. The number of rotatable bonds is 7. The van der Waals surface area contributed by atoms with Gasteiger partial charge in [0.05, 0.1) is 11.6 Å². The van der Waals surface area contributed by atoms with Gasteiger partial charge in [-0.2, -0.15) is 0 Å². The Labute approximate surface area is 186 Å². The molecule has 0 spiro atoms. The number of ether oxygens (including phenoxy) is 1. The van der Waals surface area contributed by atoms with Crippen molar-refractivity contribution in [3.05, 3.63) is 106 Å². The lowest BCUT2D eigenvalue weighted by atomic mass is 9.95. The highest BCUT2D eigenvalue weighted by atomic mass is 16.5. The van der Waals surface area contributed by atoms with Crippen molar-refractivity contribution in [2.45, 2.75) is 32.8 Å². The Hall–Kier alpha value is -3.93. The highest BCUT2D eigenvalue weighted by molar-refractivity contribution is 5.96. The lowest BCUT2D eigenvalue weighted by Crippen LogP contribution is -2.20. The van der Waals surface area contributed by atoms with Gasteiger partial charge in [-0.15, -0.1) is 0 Å². The summed E-state index contributed by atoms with van der Waals surface area (Å²) < 4.78 is 7.45. The van der Waals surface area contributed by atoms with Crippen molar-refractivity contribution in [2.24, 2.45) is 0 Å². The zero-order valence-electron chi connectivity index (χ0n) is 18.1. The fraction of sp³-hybridized carbons (Fsp3) is 0.192. The first kappa shape index (κ1) is 21.3. The summed E-state index contributed by atoms with van der Waals surface area (Å²) in [5.74, 6) is 0.347. The molecule has 1 unspecified atom stereocenters. The minimum Gasteiger partial charge on any atom is -0.487 e. The number of fused-ring (bicyclic) bond motifs is 1. The predicted octanol–water partition coefficient (Wildman–Crippen LogP) is 4.71. The number of nitrogens with zero attached hydrogens (tertiary/aromatic N) is 2. The molecule has 2 aromatic carbocycles. The summed E-state index contributed by atoms with van der Waals surface area (Å²) in [4.78, 5) is 29.7. The zero-order valence-corrected chi connectivity index (χ0v) is 18.1. The number of hydrogen-bond acceptors (Lipinski definition) is 4. The molecule has 2 heterocycles. The third-order valence-corrected chi connectivity index (χ3v) is 5.38. The Morgan fingerprint density at radius 2 is 1.84 bits per heavy atom. The maximum Gasteiger partial charge on any atom is 0.258 e. The van der Waals surface area contributed by atoms with E-state index in [1.165, 1.54) is 10.5 Å². The van der Waals surface area contributed by atoms with E-state index in [-0.39, 0.29) is 24.0 Å². The maximum atomic E-state index is 12.9. The fourth-order valence-corrected chi connectivity index (χ4v) is 3.65. The highest BCUT2D eigenvalue weighted by Crippen LogP contribution is 2.26. The largest absolute Gasteiger partial charge is 0.487 e. The van der Waals surface area contributed by atoms with E-state index >= 15 is 0 Å². The van der Waals surface area contributed by atoms with Gasteiger partial charge in [-0.1, -0.05) is 49.4 Å². The van der Waals surface area contributed by atoms with Crippen molar-refractivity contribution in [2.75, 3.05) is 5.32 Å². The van der Waals surface area contributed by atoms with E-state index in [1.807, 2.05) is 62.4 Å². The molecule has 0 fully saturated rings. The Morgan fingerprint density at radius 1 is 1.06 bits per heavy atom. The summed E-state index contributed by atoms with van der Waals surface area (Å²) in [6.45, 7) is 4.09. The second-order valence-electron chi connectivity index (χ2n) is 7.64. The molecular weight excluding hydrogens is 402 g/mol. The first-order valence-electron chi connectivity index (χ1n) is 10.6. The van der Waals surface area contributed by atoms with Crippen LogP contribution in [0.15, 0.2) is 83.8 Å². The van der Waals surface area contributed by atoms with E-state index in [0.717, 1.165) is 11.1 Å². The van der Waals surface area contributed by atoms with Gasteiger partial charge in [-0.05, 0) is 42.7 Å². The Balaban J connectivity index is 1.49. The predicted molar refractivity (Wildman–Crippen MR) is 125 cm³/mol. The maximum absolute atomic E-state index is 12.9. The van der Waals surface area contributed by atoms with Gasteiger partial charge in [0.25, 0.3) is 5.56 Å². The van der Waals surface area contributed by atoms with Crippen LogP contribution in [0.4, 0.5) is 5.69 Å². The van der Waals surface area contributed by atoms with Crippen molar-refractivity contribution < 1.29 is 9.53 Å². The van der Waals surface area contributed by atoms with Gasteiger partial charge in [0.15, 0.2) is 0 Å². The van der Waals surface area contributed by atoms with Crippen LogP contribution in [0.3, 0.4) is 0 Å². The molecule has 1 N–H and O–H groups in total. The summed E-state index contributed by atoms with van der Waals surface area (Å²) >= 11 is 0. The van der Waals surface area contributed by atoms with Crippen molar-refractivity contribution >= 4 is 17.2 Å². The minimum atomic E-state index is -0.225. The van der Waals surface area contributed by atoms with Gasteiger partial charge in [-0.3, -0.25) is 14.0 Å². The first-order chi connectivity index (χ1) is 15.5. The number of nitrogens with one attached hydrogen (secondary N) is 1. The number of benzene rings is 2. The standard InChI is InChI=1S/C26H25N3O3/c1-3-22(19-9-5-4-6-10-19)26(31)28-20-13-12-18(2)23(15-20)32-17-21-16-25(30)29-14-8-7-11-24(29)27-21/h4-16,22H,3,17H2,1-2H3,(H,28,31). The molecule has 0 aliphatic heterocycles. The molecular formula is C26H25N3O3. The Kier molecular flexibility index (Phi) is 6.31. The second kappa shape index (κ2) is 9.47. The summed E-state index contributed by atoms with van der Waals surface area (Å²) in [5.41, 5.74) is 3.54. The Morgan fingerprint density at radius 3 is 2.62 bits per heavy atom. The summed E-state index contributed by atoms with van der Waals surface area (Å²) in [6, 6.07) is 22.2. The summed E-state index contributed by atoms with van der Waals surface area (Å²) in [6.07, 6.45) is 2.39. The van der Waals surface area contributed by atoms with Crippen LogP contribution in [0, 0.1) is 6.92 Å². The molecule has 1 atom stereocenters. The molecule has 4 aromatic rings. The topological polar surface area (TPSA) is 72.7 Å². The molecule has 6 nitrogen and oxygen atoms in total. The molecule has 162 valence electrons. The summed E-state index contributed by atoms with van der Waals surface area (Å²) in [7, 11) is 0. The second-order valence-corrected chi connectivity index (χ2v) is 7.64. The van der Waals surface area contributed by atoms with E-state index in [2.05, 4.69) is 10.3 Å². The van der Waals surface area contributed by atoms with Crippen molar-refractivity contribution in [3.63, 3.8) is 0 Å². The van der Waals surface area contributed by atoms with Gasteiger partial charge in [0, 0.05) is 24.0 Å². The number of amides is 1. The van der Waals surface area contributed by atoms with Crippen LogP contribution in [0.25, 0.3) is 5.65 Å². The molecule has 0 bridgehead atoms. The smallest absolute Gasteiger partial charge is 0.258 e. The number of pyridine rings is 1. The number of aryl methyl sites for hydroxylation is 1. The molecule has 0 radical (unpaired) electrons. The van der Waals surface area contributed by atoms with Crippen molar-refractivity contribution in [1.82, 2.24) is 9.38 Å². The third kappa shape index (κ3) is 4.70. The van der Waals surface area contributed by atoms with Gasteiger partial charge < -0.3 is 10.1 Å². The van der Waals surface area contributed by atoms with Crippen LogP contribution in [0.2, 0.25) is 0 Å². The molecule has 0 saturated heterocycles. The molecule has 0 saturated carbocycles. The van der Waals surface area contributed by atoms with Gasteiger partial charge in [-0.25, -0.2) is 4.98 Å². The molecule has 4 rings (SSSR count).